The van der Waals surface area contributed by atoms with Crippen molar-refractivity contribution in [1.29, 1.82) is 0 Å². The summed E-state index contributed by atoms with van der Waals surface area (Å²) in [6, 6.07) is 12.3. The van der Waals surface area contributed by atoms with Gasteiger partial charge in [-0.05, 0) is 62.4 Å². The van der Waals surface area contributed by atoms with E-state index >= 15 is 0 Å². The highest BCUT2D eigenvalue weighted by Crippen LogP contribution is 2.32. The second-order valence-electron chi connectivity index (χ2n) is 8.22. The quantitative estimate of drug-likeness (QED) is 0.784. The highest BCUT2D eigenvalue weighted by atomic mass is 16.2. The van der Waals surface area contributed by atoms with Crippen LogP contribution in [0.4, 0.5) is 5.69 Å². The number of likely N-dealkylation sites (tertiary alicyclic amines) is 2. The summed E-state index contributed by atoms with van der Waals surface area (Å²) in [6.45, 7) is 10.1. The van der Waals surface area contributed by atoms with E-state index < -0.39 is 0 Å². The van der Waals surface area contributed by atoms with Gasteiger partial charge >= 0.3 is 0 Å². The summed E-state index contributed by atoms with van der Waals surface area (Å²) in [6.07, 6.45) is 2.93. The van der Waals surface area contributed by atoms with Gasteiger partial charge < -0.3 is 15.1 Å². The molecule has 0 radical (unpaired) electrons. The predicted molar refractivity (Wildman–Crippen MR) is 113 cm³/mol. The van der Waals surface area contributed by atoms with E-state index in [0.29, 0.717) is 11.8 Å². The number of nitrogens with one attached hydrogen (secondary N) is 1. The van der Waals surface area contributed by atoms with E-state index in [1.54, 1.807) is 6.20 Å². The third-order valence-electron chi connectivity index (χ3n) is 6.17. The minimum atomic E-state index is 0.163. The Morgan fingerprint density at radius 1 is 1.07 bits per heavy atom. The van der Waals surface area contributed by atoms with Gasteiger partial charge in [0.25, 0.3) is 5.91 Å². The van der Waals surface area contributed by atoms with Gasteiger partial charge in [0, 0.05) is 44.6 Å². The summed E-state index contributed by atoms with van der Waals surface area (Å²) in [5.41, 5.74) is 3.86. The Morgan fingerprint density at radius 2 is 1.79 bits per heavy atom. The van der Waals surface area contributed by atoms with Crippen molar-refractivity contribution < 1.29 is 4.79 Å². The molecular formula is C23H30N4O. The van der Waals surface area contributed by atoms with Crippen LogP contribution in [0.15, 0.2) is 42.6 Å². The molecule has 0 spiro atoms. The Balaban J connectivity index is 1.24. The topological polar surface area (TPSA) is 48.5 Å². The fourth-order valence-corrected chi connectivity index (χ4v) is 4.71. The number of nitrogens with zero attached hydrogens (tertiary/aromatic N) is 3. The first-order valence-electron chi connectivity index (χ1n) is 10.3. The third kappa shape index (κ3) is 4.04. The van der Waals surface area contributed by atoms with Crippen LogP contribution in [-0.2, 0) is 0 Å². The molecule has 2 aliphatic heterocycles. The molecule has 2 saturated heterocycles. The van der Waals surface area contributed by atoms with Crippen molar-refractivity contribution in [3.05, 3.63) is 59.4 Å². The number of amides is 1. The number of fused-ring (bicyclic) bond motifs is 1. The van der Waals surface area contributed by atoms with Crippen LogP contribution in [0.1, 0.15) is 28.0 Å². The van der Waals surface area contributed by atoms with E-state index in [4.69, 9.17) is 0 Å². The maximum absolute atomic E-state index is 13.0. The number of hydrogen-bond donors (Lipinski definition) is 1. The van der Waals surface area contributed by atoms with Gasteiger partial charge in [-0.25, -0.2) is 0 Å². The first kappa shape index (κ1) is 18.9. The fourth-order valence-electron chi connectivity index (χ4n) is 4.71. The third-order valence-corrected chi connectivity index (χ3v) is 6.17. The normalized spacial score (nSPS) is 21.7. The minimum Gasteiger partial charge on any atom is -0.385 e. The van der Waals surface area contributed by atoms with Crippen molar-refractivity contribution in [2.75, 3.05) is 44.6 Å². The number of aromatic nitrogens is 1. The Bertz CT molecular complexity index is 788. The van der Waals surface area contributed by atoms with Crippen molar-refractivity contribution in [3.8, 4) is 0 Å². The van der Waals surface area contributed by atoms with Crippen LogP contribution in [0.2, 0.25) is 0 Å². The SMILES string of the molecule is Cc1ccnc(C)c1C(=O)N1CC2CN(CCCNc3ccccc3)CC2C1. The van der Waals surface area contributed by atoms with Gasteiger partial charge in [-0.3, -0.25) is 9.78 Å². The number of hydrogen-bond acceptors (Lipinski definition) is 4. The zero-order valence-corrected chi connectivity index (χ0v) is 16.9. The van der Waals surface area contributed by atoms with E-state index in [9.17, 15) is 4.79 Å². The molecular weight excluding hydrogens is 348 g/mol. The van der Waals surface area contributed by atoms with Gasteiger partial charge in [-0.1, -0.05) is 18.2 Å². The molecule has 3 heterocycles. The number of pyridine rings is 1. The molecule has 5 nitrogen and oxygen atoms in total. The maximum atomic E-state index is 13.0. The highest BCUT2D eigenvalue weighted by molar-refractivity contribution is 5.96. The average Bonchev–Trinajstić information content (AvgIpc) is 3.24. The number of carbonyl (C=O) groups is 1. The molecule has 5 heteroatoms. The molecule has 2 aromatic rings. The second kappa shape index (κ2) is 8.31. The lowest BCUT2D eigenvalue weighted by Crippen LogP contribution is -2.34. The van der Waals surface area contributed by atoms with Crippen molar-refractivity contribution in [3.63, 3.8) is 0 Å². The maximum Gasteiger partial charge on any atom is 0.255 e. The smallest absolute Gasteiger partial charge is 0.255 e. The van der Waals surface area contributed by atoms with Gasteiger partial charge in [0.05, 0.1) is 11.3 Å². The molecule has 148 valence electrons. The van der Waals surface area contributed by atoms with Gasteiger partial charge in [0.2, 0.25) is 0 Å². The van der Waals surface area contributed by atoms with Crippen molar-refractivity contribution in [1.82, 2.24) is 14.8 Å². The summed E-state index contributed by atoms with van der Waals surface area (Å²) in [5.74, 6) is 1.39. The molecule has 1 aromatic carbocycles. The zero-order valence-electron chi connectivity index (χ0n) is 16.9. The fraction of sp³-hybridized carbons (Fsp3) is 0.478. The standard InChI is InChI=1S/C23H30N4O/c1-17-9-11-24-18(2)22(17)23(28)27-15-19-13-26(14-20(19)16-27)12-6-10-25-21-7-4-3-5-8-21/h3-5,7-9,11,19-20,25H,6,10,12-16H2,1-2H3. The van der Waals surface area contributed by atoms with Crippen LogP contribution in [0, 0.1) is 25.7 Å². The van der Waals surface area contributed by atoms with Crippen LogP contribution in [0.3, 0.4) is 0 Å². The van der Waals surface area contributed by atoms with Gasteiger partial charge in [0.15, 0.2) is 0 Å². The lowest BCUT2D eigenvalue weighted by Gasteiger charge is -2.22. The lowest BCUT2D eigenvalue weighted by molar-refractivity contribution is 0.0772. The molecule has 1 amide bonds. The van der Waals surface area contributed by atoms with E-state index in [2.05, 4.69) is 44.4 Å². The molecule has 2 unspecified atom stereocenters. The summed E-state index contributed by atoms with van der Waals surface area (Å²) in [4.78, 5) is 22.0. The van der Waals surface area contributed by atoms with Crippen LogP contribution >= 0.6 is 0 Å². The molecule has 2 atom stereocenters. The van der Waals surface area contributed by atoms with Gasteiger partial charge in [-0.15, -0.1) is 0 Å². The molecule has 0 aliphatic carbocycles. The van der Waals surface area contributed by atoms with Crippen LogP contribution in [-0.4, -0.2) is 60.0 Å². The predicted octanol–water partition coefficient (Wildman–Crippen LogP) is 3.20. The Kier molecular flexibility index (Phi) is 5.62. The number of benzene rings is 1. The molecule has 1 N–H and O–H groups in total. The van der Waals surface area contributed by atoms with Crippen LogP contribution in [0.5, 0.6) is 0 Å². The van der Waals surface area contributed by atoms with Gasteiger partial charge in [-0.2, -0.15) is 0 Å². The first-order valence-corrected chi connectivity index (χ1v) is 10.3. The Labute approximate surface area is 167 Å². The number of rotatable bonds is 6. The van der Waals surface area contributed by atoms with Crippen molar-refractivity contribution in [2.45, 2.75) is 20.3 Å². The van der Waals surface area contributed by atoms with Crippen LogP contribution in [0.25, 0.3) is 0 Å². The Hall–Kier alpha value is -2.40. The second-order valence-corrected chi connectivity index (χ2v) is 8.22. The largest absolute Gasteiger partial charge is 0.385 e. The number of para-hydroxylation sites is 1. The summed E-state index contributed by atoms with van der Waals surface area (Å²) >= 11 is 0. The van der Waals surface area contributed by atoms with E-state index in [1.807, 2.05) is 26.0 Å². The monoisotopic (exact) mass is 378 g/mol. The Morgan fingerprint density at radius 3 is 2.46 bits per heavy atom. The molecule has 2 fully saturated rings. The van der Waals surface area contributed by atoms with E-state index in [0.717, 1.165) is 62.5 Å². The molecule has 0 saturated carbocycles. The van der Waals surface area contributed by atoms with E-state index in [-0.39, 0.29) is 5.91 Å². The van der Waals surface area contributed by atoms with E-state index in [1.165, 1.54) is 5.69 Å². The van der Waals surface area contributed by atoms with Gasteiger partial charge in [0.1, 0.15) is 0 Å². The number of carbonyl (C=O) groups excluding carboxylic acids is 1. The van der Waals surface area contributed by atoms with Crippen molar-refractivity contribution >= 4 is 11.6 Å². The molecule has 2 aliphatic rings. The minimum absolute atomic E-state index is 0.163. The molecule has 1 aromatic heterocycles. The average molecular weight is 379 g/mol. The number of aryl methyl sites for hydroxylation is 2. The number of anilines is 1. The first-order chi connectivity index (χ1) is 13.6. The summed E-state index contributed by atoms with van der Waals surface area (Å²) in [7, 11) is 0. The highest BCUT2D eigenvalue weighted by Gasteiger charge is 2.41. The van der Waals surface area contributed by atoms with Crippen molar-refractivity contribution in [2.24, 2.45) is 11.8 Å². The van der Waals surface area contributed by atoms with Crippen LogP contribution < -0.4 is 5.32 Å². The molecule has 0 bridgehead atoms. The lowest BCUT2D eigenvalue weighted by atomic mass is 10.0. The molecule has 4 rings (SSSR count). The molecule has 28 heavy (non-hydrogen) atoms. The summed E-state index contributed by atoms with van der Waals surface area (Å²) in [5, 5.41) is 3.48. The zero-order chi connectivity index (χ0) is 19.5. The summed E-state index contributed by atoms with van der Waals surface area (Å²) < 4.78 is 0.